The van der Waals surface area contributed by atoms with E-state index in [4.69, 9.17) is 28.8 Å². The van der Waals surface area contributed by atoms with Crippen LogP contribution in [0, 0.1) is 29.6 Å². The number of cyclic esters (lactones) is 1. The smallest absolute Gasteiger partial charge is 0.373 e. The van der Waals surface area contributed by atoms with E-state index >= 15 is 0 Å². The molecular weight excluding hydrogens is 636 g/mol. The average Bonchev–Trinajstić information content (AvgIpc) is 3.03. The highest BCUT2D eigenvalue weighted by Gasteiger charge is 2.51. The highest BCUT2D eigenvalue weighted by molar-refractivity contribution is 5.90. The summed E-state index contributed by atoms with van der Waals surface area (Å²) in [6.45, 7) is 14.4. The van der Waals surface area contributed by atoms with E-state index in [0.29, 0.717) is 18.1 Å². The van der Waals surface area contributed by atoms with Crippen LogP contribution >= 0.6 is 0 Å². The molecule has 2 aliphatic heterocycles. The topological polar surface area (TPSA) is 178 Å². The summed E-state index contributed by atoms with van der Waals surface area (Å²) in [7, 11) is 2.79. The Hall–Kier alpha value is -3.29. The van der Waals surface area contributed by atoms with Crippen molar-refractivity contribution in [3.63, 3.8) is 0 Å². The number of rotatable bonds is 9. The largest absolute Gasteiger partial charge is 0.490 e. The zero-order valence-electron chi connectivity index (χ0n) is 30.4. The highest BCUT2D eigenvalue weighted by atomic mass is 16.6. The molecule has 49 heavy (non-hydrogen) atoms. The molecule has 276 valence electrons. The summed E-state index contributed by atoms with van der Waals surface area (Å²) in [5.41, 5.74) is 1.70. The standard InChI is InChI=1S/C37H56O12/c1-20-12-11-13-28(45-9)35(48-36(43)29(46-10)18-21(2)17-23(4)33(41)22(3)16-20)25(6)34(42)26(7)37(44)19-30(24(5)27(8)49-37)47-32(40)15-14-31(38)39/h11-15,17-18,22-28,30,33-35,41-42,44H,16,19H2,1-10H3,(H,38,39)/b13-11+,15-14+,20-12+,21-17+,29-18-/t22-,23+,24+,25+,26-,27+,28+,30+,33-,34-,35-,37+/m0/s1. The average molecular weight is 693 g/mol. The van der Waals surface area contributed by atoms with Gasteiger partial charge in [0.15, 0.2) is 5.79 Å². The van der Waals surface area contributed by atoms with Gasteiger partial charge in [-0.25, -0.2) is 14.4 Å². The number of hydrogen-bond acceptors (Lipinski definition) is 11. The third-order valence-corrected chi connectivity index (χ3v) is 9.71. The van der Waals surface area contributed by atoms with Crippen molar-refractivity contribution < 1.29 is 58.5 Å². The maximum absolute atomic E-state index is 13.6. The van der Waals surface area contributed by atoms with Crippen molar-refractivity contribution in [2.75, 3.05) is 14.2 Å². The van der Waals surface area contributed by atoms with Crippen LogP contribution in [-0.2, 0) is 38.1 Å². The lowest BCUT2D eigenvalue weighted by molar-refractivity contribution is -0.319. The van der Waals surface area contributed by atoms with Gasteiger partial charge in [0, 0.05) is 49.4 Å². The third kappa shape index (κ3) is 11.6. The van der Waals surface area contributed by atoms with Gasteiger partial charge in [0.25, 0.3) is 0 Å². The Morgan fingerprint density at radius 2 is 1.76 bits per heavy atom. The first-order chi connectivity index (χ1) is 22.8. The van der Waals surface area contributed by atoms with E-state index in [0.717, 1.165) is 11.6 Å². The minimum Gasteiger partial charge on any atom is -0.490 e. The fourth-order valence-corrected chi connectivity index (χ4v) is 6.43. The molecule has 0 amide bonds. The molecule has 0 saturated carbocycles. The van der Waals surface area contributed by atoms with Crippen LogP contribution in [0.5, 0.6) is 0 Å². The van der Waals surface area contributed by atoms with Crippen molar-refractivity contribution in [3.05, 3.63) is 59.4 Å². The lowest BCUT2D eigenvalue weighted by Gasteiger charge is -2.48. The quantitative estimate of drug-likeness (QED) is 0.200. The number of aliphatic carboxylic acids is 1. The summed E-state index contributed by atoms with van der Waals surface area (Å²) in [6, 6.07) is 0. The van der Waals surface area contributed by atoms with E-state index in [2.05, 4.69) is 0 Å². The first-order valence-electron chi connectivity index (χ1n) is 16.7. The van der Waals surface area contributed by atoms with Crippen LogP contribution in [0.2, 0.25) is 0 Å². The highest BCUT2D eigenvalue weighted by Crippen LogP contribution is 2.41. The number of carbonyl (C=O) groups excluding carboxylic acids is 2. The summed E-state index contributed by atoms with van der Waals surface area (Å²) >= 11 is 0. The number of esters is 2. The second-order valence-corrected chi connectivity index (χ2v) is 13.6. The number of hydrogen-bond donors (Lipinski definition) is 4. The van der Waals surface area contributed by atoms with Crippen LogP contribution < -0.4 is 0 Å². The lowest BCUT2D eigenvalue weighted by atomic mass is 9.77. The van der Waals surface area contributed by atoms with Gasteiger partial charge in [-0.2, -0.15) is 0 Å². The zero-order valence-corrected chi connectivity index (χ0v) is 30.4. The first kappa shape index (κ1) is 41.9. The molecule has 0 bridgehead atoms. The van der Waals surface area contributed by atoms with Crippen molar-refractivity contribution in [1.82, 2.24) is 0 Å². The Balaban J connectivity index is 2.49. The van der Waals surface area contributed by atoms with Crippen LogP contribution in [0.25, 0.3) is 0 Å². The molecule has 2 heterocycles. The first-order valence-corrected chi connectivity index (χ1v) is 16.7. The molecule has 0 radical (unpaired) electrons. The summed E-state index contributed by atoms with van der Waals surface area (Å²) in [4.78, 5) is 36.7. The monoisotopic (exact) mass is 692 g/mol. The minimum atomic E-state index is -1.97. The van der Waals surface area contributed by atoms with Gasteiger partial charge in [-0.1, -0.05) is 70.1 Å². The van der Waals surface area contributed by atoms with E-state index in [1.54, 1.807) is 46.8 Å². The van der Waals surface area contributed by atoms with Crippen LogP contribution in [0.3, 0.4) is 0 Å². The van der Waals surface area contributed by atoms with Gasteiger partial charge in [0.1, 0.15) is 18.3 Å². The number of aliphatic hydroxyl groups is 3. The number of allylic oxidation sites excluding steroid dienone is 5. The molecule has 1 saturated heterocycles. The van der Waals surface area contributed by atoms with Crippen molar-refractivity contribution in [1.29, 1.82) is 0 Å². The molecule has 2 rings (SSSR count). The van der Waals surface area contributed by atoms with Crippen LogP contribution in [0.4, 0.5) is 0 Å². The second kappa shape index (κ2) is 18.6. The fourth-order valence-electron chi connectivity index (χ4n) is 6.43. The Morgan fingerprint density at radius 3 is 2.35 bits per heavy atom. The second-order valence-electron chi connectivity index (χ2n) is 13.6. The van der Waals surface area contributed by atoms with Crippen molar-refractivity contribution in [2.45, 2.75) is 111 Å². The van der Waals surface area contributed by atoms with Crippen molar-refractivity contribution in [3.8, 4) is 0 Å². The van der Waals surface area contributed by atoms with Gasteiger partial charge in [-0.3, -0.25) is 0 Å². The normalized spacial score (nSPS) is 38.0. The van der Waals surface area contributed by atoms with Crippen LogP contribution in [0.15, 0.2) is 59.4 Å². The molecule has 0 aromatic rings. The maximum Gasteiger partial charge on any atom is 0.373 e. The summed E-state index contributed by atoms with van der Waals surface area (Å²) in [5, 5.41) is 43.3. The predicted molar refractivity (Wildman–Crippen MR) is 182 cm³/mol. The van der Waals surface area contributed by atoms with E-state index in [1.165, 1.54) is 20.3 Å². The molecule has 4 N–H and O–H groups in total. The van der Waals surface area contributed by atoms with Crippen molar-refractivity contribution in [2.24, 2.45) is 29.6 Å². The molecule has 0 aromatic heterocycles. The number of aliphatic hydroxyl groups excluding tert-OH is 2. The van der Waals surface area contributed by atoms with Gasteiger partial charge in [-0.15, -0.1) is 0 Å². The number of ether oxygens (including phenoxy) is 5. The molecule has 0 aromatic carbocycles. The number of methoxy groups -OCH3 is 2. The Morgan fingerprint density at radius 1 is 1.10 bits per heavy atom. The van der Waals surface area contributed by atoms with E-state index in [9.17, 15) is 29.7 Å². The summed E-state index contributed by atoms with van der Waals surface area (Å²) in [5.74, 6) is -7.51. The Bertz CT molecular complexity index is 1300. The zero-order chi connectivity index (χ0) is 37.2. The van der Waals surface area contributed by atoms with Crippen LogP contribution in [-0.4, -0.2) is 95.0 Å². The van der Waals surface area contributed by atoms with Gasteiger partial charge >= 0.3 is 17.9 Å². The number of carboxylic acid groups (broad SMARTS) is 1. The lowest BCUT2D eigenvalue weighted by Crippen LogP contribution is -2.58. The summed E-state index contributed by atoms with van der Waals surface area (Å²) in [6.07, 6.45) is 5.34. The molecule has 0 spiro atoms. The Labute approximate surface area is 290 Å². The fraction of sp³-hybridized carbons (Fsp3) is 0.649. The predicted octanol–water partition coefficient (Wildman–Crippen LogP) is 4.25. The summed E-state index contributed by atoms with van der Waals surface area (Å²) < 4.78 is 28.7. The van der Waals surface area contributed by atoms with Gasteiger partial charge in [-0.05, 0) is 39.2 Å². The van der Waals surface area contributed by atoms with Gasteiger partial charge in [0.05, 0.1) is 25.4 Å². The van der Waals surface area contributed by atoms with E-state index in [-0.39, 0.29) is 29.9 Å². The third-order valence-electron chi connectivity index (χ3n) is 9.71. The van der Waals surface area contributed by atoms with Gasteiger partial charge in [0.2, 0.25) is 5.76 Å². The van der Waals surface area contributed by atoms with Crippen molar-refractivity contribution >= 4 is 17.9 Å². The number of carbonyl (C=O) groups is 3. The minimum absolute atomic E-state index is 0.0436. The molecule has 12 atom stereocenters. The number of carboxylic acids is 1. The van der Waals surface area contributed by atoms with Gasteiger partial charge < -0.3 is 44.1 Å². The van der Waals surface area contributed by atoms with E-state index in [1.807, 2.05) is 32.9 Å². The molecule has 2 aliphatic rings. The molecular formula is C37H56O12. The molecule has 0 unspecified atom stereocenters. The SMILES string of the molecule is CO/C1=C\C(C)=C\[C@@H](C)[C@@H](O)[C@@H](C)C/C(C)=C/C=C/[C@@H](OC)[C@H]([C@H](C)[C@H](O)[C@H](C)[C@@]2(O)C[C@@H](OC(=O)/C=C/C(=O)O)[C@H](C)[C@@H](C)O2)OC1=O. The molecule has 0 aliphatic carbocycles. The van der Waals surface area contributed by atoms with E-state index < -0.39 is 72.2 Å². The molecule has 1 fully saturated rings. The Kier molecular flexibility index (Phi) is 15.9. The molecule has 12 heteroatoms. The van der Waals surface area contributed by atoms with Crippen LogP contribution in [0.1, 0.15) is 68.2 Å². The maximum atomic E-state index is 13.6. The molecule has 12 nitrogen and oxygen atoms in total.